The summed E-state index contributed by atoms with van der Waals surface area (Å²) in [5, 5.41) is 0. The van der Waals surface area contributed by atoms with E-state index in [-0.39, 0.29) is 11.9 Å². The van der Waals surface area contributed by atoms with Crippen LogP contribution in [0.25, 0.3) is 0 Å². The first-order valence-electron chi connectivity index (χ1n) is 7.08. The number of aryl methyl sites for hydroxylation is 2. The van der Waals surface area contributed by atoms with Crippen LogP contribution in [0.3, 0.4) is 0 Å². The molecule has 0 bridgehead atoms. The zero-order chi connectivity index (χ0) is 14.0. The molecule has 1 aromatic carbocycles. The maximum Gasteiger partial charge on any atom is 0.227 e. The fourth-order valence-corrected chi connectivity index (χ4v) is 2.87. The summed E-state index contributed by atoms with van der Waals surface area (Å²) in [6, 6.07) is 6.48. The van der Waals surface area contributed by atoms with Gasteiger partial charge >= 0.3 is 0 Å². The molecule has 19 heavy (non-hydrogen) atoms. The predicted molar refractivity (Wildman–Crippen MR) is 78.0 cm³/mol. The highest BCUT2D eigenvalue weighted by atomic mass is 16.2. The molecule has 3 heteroatoms. The van der Waals surface area contributed by atoms with Gasteiger partial charge in [0.1, 0.15) is 0 Å². The Morgan fingerprint density at radius 3 is 2.74 bits per heavy atom. The minimum atomic E-state index is 0.211. The van der Waals surface area contributed by atoms with Gasteiger partial charge in [-0.1, -0.05) is 25.1 Å². The van der Waals surface area contributed by atoms with Crippen LogP contribution in [-0.4, -0.2) is 29.9 Å². The van der Waals surface area contributed by atoms with Crippen LogP contribution in [0.2, 0.25) is 0 Å². The number of nitrogens with two attached hydrogens (primary N) is 1. The minimum absolute atomic E-state index is 0.211. The standard InChI is InChI=1S/C16H24N2O/c1-11-4-5-14(8-13(11)3)9-16(19)18-7-6-12(2)15(18)10-17/h4-5,8,12,15H,6-7,9-10,17H2,1-3H3. The average Bonchev–Trinajstić information content (AvgIpc) is 2.75. The number of nitrogens with zero attached hydrogens (tertiary/aromatic N) is 1. The smallest absolute Gasteiger partial charge is 0.227 e. The van der Waals surface area contributed by atoms with Crippen molar-refractivity contribution in [3.8, 4) is 0 Å². The van der Waals surface area contributed by atoms with E-state index < -0.39 is 0 Å². The summed E-state index contributed by atoms with van der Waals surface area (Å²) in [5.74, 6) is 0.733. The van der Waals surface area contributed by atoms with E-state index in [2.05, 4.69) is 39.0 Å². The molecule has 2 rings (SSSR count). The van der Waals surface area contributed by atoms with Gasteiger partial charge in [0.15, 0.2) is 0 Å². The van der Waals surface area contributed by atoms with E-state index in [1.165, 1.54) is 11.1 Å². The van der Waals surface area contributed by atoms with Crippen LogP contribution in [0.5, 0.6) is 0 Å². The third kappa shape index (κ3) is 2.98. The molecule has 2 atom stereocenters. The number of rotatable bonds is 3. The van der Waals surface area contributed by atoms with Crippen LogP contribution >= 0.6 is 0 Å². The first-order chi connectivity index (χ1) is 9.02. The average molecular weight is 260 g/mol. The van der Waals surface area contributed by atoms with Gasteiger partial charge in [-0.05, 0) is 42.9 Å². The molecule has 1 heterocycles. The molecule has 1 amide bonds. The molecule has 1 saturated heterocycles. The Morgan fingerprint density at radius 1 is 1.37 bits per heavy atom. The van der Waals surface area contributed by atoms with Gasteiger partial charge in [-0.15, -0.1) is 0 Å². The Labute approximate surface area is 115 Å². The topological polar surface area (TPSA) is 46.3 Å². The first kappa shape index (κ1) is 14.1. The molecular weight excluding hydrogens is 236 g/mol. The molecule has 0 radical (unpaired) electrons. The first-order valence-corrected chi connectivity index (χ1v) is 7.08. The minimum Gasteiger partial charge on any atom is -0.338 e. The molecule has 1 aliphatic heterocycles. The number of carbonyl (C=O) groups excluding carboxylic acids is 1. The van der Waals surface area contributed by atoms with Crippen molar-refractivity contribution in [2.75, 3.05) is 13.1 Å². The van der Waals surface area contributed by atoms with Crippen molar-refractivity contribution in [1.82, 2.24) is 4.90 Å². The van der Waals surface area contributed by atoms with E-state index in [9.17, 15) is 4.79 Å². The lowest BCUT2D eigenvalue weighted by Gasteiger charge is -2.26. The largest absolute Gasteiger partial charge is 0.338 e. The van der Waals surface area contributed by atoms with Crippen LogP contribution < -0.4 is 5.73 Å². The van der Waals surface area contributed by atoms with Gasteiger partial charge in [0, 0.05) is 19.1 Å². The maximum absolute atomic E-state index is 12.4. The van der Waals surface area contributed by atoms with Gasteiger partial charge in [-0.3, -0.25) is 4.79 Å². The lowest BCUT2D eigenvalue weighted by Crippen LogP contribution is -2.42. The molecule has 0 saturated carbocycles. The molecule has 1 fully saturated rings. The Morgan fingerprint density at radius 2 is 2.11 bits per heavy atom. The van der Waals surface area contributed by atoms with Crippen LogP contribution in [-0.2, 0) is 11.2 Å². The van der Waals surface area contributed by atoms with Crippen LogP contribution in [0.15, 0.2) is 18.2 Å². The summed E-state index contributed by atoms with van der Waals surface area (Å²) < 4.78 is 0. The zero-order valence-corrected chi connectivity index (χ0v) is 12.1. The number of hydrogen-bond acceptors (Lipinski definition) is 2. The third-order valence-electron chi connectivity index (χ3n) is 4.37. The Kier molecular flexibility index (Phi) is 4.25. The molecule has 0 aliphatic carbocycles. The van der Waals surface area contributed by atoms with E-state index >= 15 is 0 Å². The number of likely N-dealkylation sites (tertiary alicyclic amines) is 1. The lowest BCUT2D eigenvalue weighted by atomic mass is 10.0. The van der Waals surface area contributed by atoms with Crippen molar-refractivity contribution in [1.29, 1.82) is 0 Å². The monoisotopic (exact) mass is 260 g/mol. The Hall–Kier alpha value is -1.35. The molecule has 0 aromatic heterocycles. The Bertz CT molecular complexity index is 470. The number of amides is 1. The van der Waals surface area contributed by atoms with E-state index in [0.717, 1.165) is 18.5 Å². The van der Waals surface area contributed by atoms with Gasteiger partial charge in [-0.25, -0.2) is 0 Å². The molecule has 2 unspecified atom stereocenters. The quantitative estimate of drug-likeness (QED) is 0.904. The molecule has 104 valence electrons. The summed E-state index contributed by atoms with van der Waals surface area (Å²) >= 11 is 0. The summed E-state index contributed by atoms with van der Waals surface area (Å²) in [6.45, 7) is 7.78. The summed E-state index contributed by atoms with van der Waals surface area (Å²) in [5.41, 5.74) is 9.41. The molecule has 0 spiro atoms. The highest BCUT2D eigenvalue weighted by Crippen LogP contribution is 2.24. The second-order valence-corrected chi connectivity index (χ2v) is 5.75. The fraction of sp³-hybridized carbons (Fsp3) is 0.562. The lowest BCUT2D eigenvalue weighted by molar-refractivity contribution is -0.131. The summed E-state index contributed by atoms with van der Waals surface area (Å²) in [7, 11) is 0. The van der Waals surface area contributed by atoms with Crippen molar-refractivity contribution in [2.45, 2.75) is 39.7 Å². The van der Waals surface area contributed by atoms with Gasteiger partial charge in [0.05, 0.1) is 6.42 Å². The van der Waals surface area contributed by atoms with Gasteiger partial charge in [-0.2, -0.15) is 0 Å². The second kappa shape index (κ2) is 5.74. The number of hydrogen-bond donors (Lipinski definition) is 1. The molecular formula is C16H24N2O. The Balaban J connectivity index is 2.06. The van der Waals surface area contributed by atoms with Crippen LogP contribution in [0.4, 0.5) is 0 Å². The molecule has 3 nitrogen and oxygen atoms in total. The van der Waals surface area contributed by atoms with E-state index in [1.54, 1.807) is 0 Å². The number of carbonyl (C=O) groups is 1. The molecule has 1 aromatic rings. The van der Waals surface area contributed by atoms with E-state index in [4.69, 9.17) is 5.73 Å². The second-order valence-electron chi connectivity index (χ2n) is 5.75. The van der Waals surface area contributed by atoms with Crippen LogP contribution in [0, 0.1) is 19.8 Å². The zero-order valence-electron chi connectivity index (χ0n) is 12.1. The van der Waals surface area contributed by atoms with Crippen molar-refractivity contribution < 1.29 is 4.79 Å². The van der Waals surface area contributed by atoms with Crippen LogP contribution in [0.1, 0.15) is 30.0 Å². The van der Waals surface area contributed by atoms with Crippen molar-refractivity contribution in [3.05, 3.63) is 34.9 Å². The maximum atomic E-state index is 12.4. The van der Waals surface area contributed by atoms with E-state index in [1.807, 2.05) is 4.90 Å². The van der Waals surface area contributed by atoms with Gasteiger partial charge in [0.2, 0.25) is 5.91 Å². The number of benzene rings is 1. The van der Waals surface area contributed by atoms with Gasteiger partial charge in [0.25, 0.3) is 0 Å². The highest BCUT2D eigenvalue weighted by molar-refractivity contribution is 5.79. The van der Waals surface area contributed by atoms with Crippen molar-refractivity contribution in [2.24, 2.45) is 11.7 Å². The van der Waals surface area contributed by atoms with E-state index in [0.29, 0.717) is 18.9 Å². The predicted octanol–water partition coefficient (Wildman–Crippen LogP) is 2.04. The summed E-state index contributed by atoms with van der Waals surface area (Å²) in [6.07, 6.45) is 1.56. The highest BCUT2D eigenvalue weighted by Gasteiger charge is 2.32. The normalized spacial score (nSPS) is 22.8. The third-order valence-corrected chi connectivity index (χ3v) is 4.37. The van der Waals surface area contributed by atoms with Gasteiger partial charge < -0.3 is 10.6 Å². The fourth-order valence-electron chi connectivity index (χ4n) is 2.87. The van der Waals surface area contributed by atoms with Crippen molar-refractivity contribution >= 4 is 5.91 Å². The summed E-state index contributed by atoms with van der Waals surface area (Å²) in [4.78, 5) is 14.4. The van der Waals surface area contributed by atoms with Crippen molar-refractivity contribution in [3.63, 3.8) is 0 Å². The molecule has 1 aliphatic rings. The molecule has 2 N–H and O–H groups in total. The SMILES string of the molecule is Cc1ccc(CC(=O)N2CCC(C)C2CN)cc1C.